The molecule has 0 bridgehead atoms. The minimum Gasteiger partial charge on any atom is -0.459 e. The minimum absolute atomic E-state index is 0.0252. The average molecular weight is 416 g/mol. The molecule has 1 saturated heterocycles. The Morgan fingerprint density at radius 1 is 1.03 bits per heavy atom. The third kappa shape index (κ3) is 5.41. The topological polar surface area (TPSA) is 82.9 Å². The van der Waals surface area contributed by atoms with Gasteiger partial charge in [-0.05, 0) is 42.7 Å². The van der Waals surface area contributed by atoms with Gasteiger partial charge in [0, 0.05) is 31.7 Å². The molecule has 1 aromatic carbocycles. The summed E-state index contributed by atoms with van der Waals surface area (Å²) in [4.78, 5) is 41.4. The van der Waals surface area contributed by atoms with Gasteiger partial charge < -0.3 is 19.5 Å². The number of rotatable bonds is 7. The molecule has 1 aliphatic heterocycles. The van der Waals surface area contributed by atoms with Crippen LogP contribution >= 0.6 is 11.8 Å². The van der Waals surface area contributed by atoms with E-state index >= 15 is 0 Å². The maximum atomic E-state index is 13.0. The number of carbonyl (C=O) groups excluding carboxylic acids is 3. The Kier molecular flexibility index (Phi) is 7.35. The van der Waals surface area contributed by atoms with Gasteiger partial charge in [-0.25, -0.2) is 0 Å². The van der Waals surface area contributed by atoms with Crippen molar-refractivity contribution in [1.82, 2.24) is 15.1 Å². The third-order valence-electron chi connectivity index (χ3n) is 4.86. The molecule has 1 N–H and O–H groups in total. The molecule has 1 fully saturated rings. The van der Waals surface area contributed by atoms with Crippen molar-refractivity contribution in [3.8, 4) is 0 Å². The SMILES string of the molecule is CSCC[C@H](NC(=O)c1ccco1)C(=O)N1CCN(C(=O)c2ccccc2)CC1. The first-order valence-corrected chi connectivity index (χ1v) is 11.0. The first-order valence-electron chi connectivity index (χ1n) is 9.56. The van der Waals surface area contributed by atoms with E-state index in [2.05, 4.69) is 5.32 Å². The second kappa shape index (κ2) is 10.2. The van der Waals surface area contributed by atoms with E-state index in [9.17, 15) is 14.4 Å². The van der Waals surface area contributed by atoms with Crippen LogP contribution in [0.3, 0.4) is 0 Å². The van der Waals surface area contributed by atoms with Gasteiger partial charge in [-0.15, -0.1) is 0 Å². The fourth-order valence-corrected chi connectivity index (χ4v) is 3.72. The van der Waals surface area contributed by atoms with Crippen molar-refractivity contribution in [2.45, 2.75) is 12.5 Å². The second-order valence-electron chi connectivity index (χ2n) is 6.77. The highest BCUT2D eigenvalue weighted by molar-refractivity contribution is 7.98. The highest BCUT2D eigenvalue weighted by Crippen LogP contribution is 2.12. The molecule has 3 rings (SSSR count). The predicted molar refractivity (Wildman–Crippen MR) is 112 cm³/mol. The predicted octanol–water partition coefficient (Wildman–Crippen LogP) is 2.12. The number of nitrogens with zero attached hydrogens (tertiary/aromatic N) is 2. The third-order valence-corrected chi connectivity index (χ3v) is 5.50. The molecule has 29 heavy (non-hydrogen) atoms. The van der Waals surface area contributed by atoms with Crippen molar-refractivity contribution in [2.75, 3.05) is 38.2 Å². The maximum absolute atomic E-state index is 13.0. The van der Waals surface area contributed by atoms with Gasteiger partial charge in [0.25, 0.3) is 11.8 Å². The number of furan rings is 1. The van der Waals surface area contributed by atoms with E-state index in [1.165, 1.54) is 6.26 Å². The lowest BCUT2D eigenvalue weighted by Crippen LogP contribution is -2.56. The van der Waals surface area contributed by atoms with Crippen LogP contribution in [-0.4, -0.2) is 71.8 Å². The molecule has 154 valence electrons. The van der Waals surface area contributed by atoms with Crippen LogP contribution in [0.5, 0.6) is 0 Å². The minimum atomic E-state index is -0.614. The fraction of sp³-hybridized carbons (Fsp3) is 0.381. The van der Waals surface area contributed by atoms with Crippen LogP contribution in [0.1, 0.15) is 27.3 Å². The maximum Gasteiger partial charge on any atom is 0.287 e. The molecular weight excluding hydrogens is 390 g/mol. The molecule has 1 atom stereocenters. The quantitative estimate of drug-likeness (QED) is 0.749. The molecule has 1 aromatic heterocycles. The number of thioether (sulfide) groups is 1. The van der Waals surface area contributed by atoms with Crippen LogP contribution in [-0.2, 0) is 4.79 Å². The van der Waals surface area contributed by atoms with Crippen molar-refractivity contribution >= 4 is 29.5 Å². The standard InChI is InChI=1S/C21H25N3O4S/c1-29-15-9-17(22-19(25)18-8-5-14-28-18)21(27)24-12-10-23(11-13-24)20(26)16-6-3-2-4-7-16/h2-8,14,17H,9-13,15H2,1H3,(H,22,25)/t17-/m0/s1. The van der Waals surface area contributed by atoms with E-state index in [0.29, 0.717) is 38.2 Å². The Hall–Kier alpha value is -2.74. The van der Waals surface area contributed by atoms with E-state index in [1.807, 2.05) is 24.5 Å². The number of hydrogen-bond donors (Lipinski definition) is 1. The van der Waals surface area contributed by atoms with Gasteiger partial charge in [0.1, 0.15) is 6.04 Å². The Morgan fingerprint density at radius 3 is 2.34 bits per heavy atom. The fourth-order valence-electron chi connectivity index (χ4n) is 3.24. The van der Waals surface area contributed by atoms with Gasteiger partial charge in [-0.1, -0.05) is 18.2 Å². The molecule has 0 radical (unpaired) electrons. The molecule has 0 unspecified atom stereocenters. The van der Waals surface area contributed by atoms with E-state index in [1.54, 1.807) is 45.8 Å². The summed E-state index contributed by atoms with van der Waals surface area (Å²) in [5.41, 5.74) is 0.649. The summed E-state index contributed by atoms with van der Waals surface area (Å²) in [5.74, 6) is 0.396. The van der Waals surface area contributed by atoms with Crippen LogP contribution in [0.2, 0.25) is 0 Å². The van der Waals surface area contributed by atoms with Gasteiger partial charge in [-0.2, -0.15) is 11.8 Å². The molecule has 8 heteroatoms. The number of hydrogen-bond acceptors (Lipinski definition) is 5. The lowest BCUT2D eigenvalue weighted by Gasteiger charge is -2.36. The number of benzene rings is 1. The zero-order chi connectivity index (χ0) is 20.6. The molecule has 0 saturated carbocycles. The lowest BCUT2D eigenvalue weighted by molar-refractivity contribution is -0.134. The number of piperazine rings is 1. The zero-order valence-corrected chi connectivity index (χ0v) is 17.2. The second-order valence-corrected chi connectivity index (χ2v) is 7.75. The Morgan fingerprint density at radius 2 is 1.72 bits per heavy atom. The highest BCUT2D eigenvalue weighted by Gasteiger charge is 2.30. The summed E-state index contributed by atoms with van der Waals surface area (Å²) >= 11 is 1.62. The highest BCUT2D eigenvalue weighted by atomic mass is 32.2. The van der Waals surface area contributed by atoms with E-state index in [4.69, 9.17) is 4.42 Å². The van der Waals surface area contributed by atoms with Crippen LogP contribution in [0, 0.1) is 0 Å². The monoisotopic (exact) mass is 415 g/mol. The molecule has 0 spiro atoms. The summed E-state index contributed by atoms with van der Waals surface area (Å²) < 4.78 is 5.12. The van der Waals surface area contributed by atoms with Crippen molar-refractivity contribution in [1.29, 1.82) is 0 Å². The number of carbonyl (C=O) groups is 3. The van der Waals surface area contributed by atoms with Crippen molar-refractivity contribution in [3.63, 3.8) is 0 Å². The van der Waals surface area contributed by atoms with Crippen LogP contribution in [0.4, 0.5) is 0 Å². The molecule has 3 amide bonds. The Bertz CT molecular complexity index is 818. The van der Waals surface area contributed by atoms with Gasteiger partial charge in [0.05, 0.1) is 6.26 Å². The van der Waals surface area contributed by atoms with Gasteiger partial charge in [-0.3, -0.25) is 14.4 Å². The van der Waals surface area contributed by atoms with Crippen molar-refractivity contribution in [3.05, 3.63) is 60.1 Å². The lowest BCUT2D eigenvalue weighted by atomic mass is 10.1. The van der Waals surface area contributed by atoms with E-state index in [-0.39, 0.29) is 17.6 Å². The summed E-state index contributed by atoms with van der Waals surface area (Å²) in [7, 11) is 0. The van der Waals surface area contributed by atoms with Crippen molar-refractivity contribution < 1.29 is 18.8 Å². The number of amides is 3. The first kappa shape index (κ1) is 21.0. The summed E-state index contributed by atoms with van der Waals surface area (Å²) in [5, 5.41) is 2.79. The number of nitrogens with one attached hydrogen (secondary N) is 1. The summed E-state index contributed by atoms with van der Waals surface area (Å²) in [6.45, 7) is 1.84. The largest absolute Gasteiger partial charge is 0.459 e. The summed E-state index contributed by atoms with van der Waals surface area (Å²) in [6, 6.07) is 11.7. The molecular formula is C21H25N3O4S. The molecule has 2 aromatic rings. The van der Waals surface area contributed by atoms with E-state index in [0.717, 1.165) is 5.75 Å². The molecule has 2 heterocycles. The van der Waals surface area contributed by atoms with Gasteiger partial charge in [0.2, 0.25) is 5.91 Å². The Balaban J connectivity index is 1.58. The van der Waals surface area contributed by atoms with Crippen LogP contribution in [0.15, 0.2) is 53.1 Å². The van der Waals surface area contributed by atoms with Gasteiger partial charge >= 0.3 is 0 Å². The molecule has 7 nitrogen and oxygen atoms in total. The van der Waals surface area contributed by atoms with Crippen molar-refractivity contribution in [2.24, 2.45) is 0 Å². The molecule has 1 aliphatic rings. The van der Waals surface area contributed by atoms with E-state index < -0.39 is 11.9 Å². The molecule has 0 aliphatic carbocycles. The van der Waals surface area contributed by atoms with Gasteiger partial charge in [0.15, 0.2) is 5.76 Å². The van der Waals surface area contributed by atoms with Crippen LogP contribution in [0.25, 0.3) is 0 Å². The Labute approximate surface area is 174 Å². The average Bonchev–Trinajstić information content (AvgIpc) is 3.31. The smallest absolute Gasteiger partial charge is 0.287 e. The van der Waals surface area contributed by atoms with Crippen LogP contribution < -0.4 is 5.32 Å². The summed E-state index contributed by atoms with van der Waals surface area (Å²) in [6.07, 6.45) is 3.93. The first-order chi connectivity index (χ1) is 14.1. The normalized spacial score (nSPS) is 15.1. The zero-order valence-electron chi connectivity index (χ0n) is 16.4.